The summed E-state index contributed by atoms with van der Waals surface area (Å²) in [5.41, 5.74) is 3.39. The minimum absolute atomic E-state index is 0.489. The van der Waals surface area contributed by atoms with Crippen molar-refractivity contribution < 1.29 is 9.84 Å². The summed E-state index contributed by atoms with van der Waals surface area (Å²) < 4.78 is 7.32. The molecule has 1 aliphatic heterocycles. The normalized spacial score (nSPS) is 16.4. The molecule has 118 valence electrons. The fraction of sp³-hybridized carbons (Fsp3) is 0.471. The topological polar surface area (TPSA) is 50.5 Å². The Morgan fingerprint density at radius 2 is 2.05 bits per heavy atom. The number of benzene rings is 1. The van der Waals surface area contributed by atoms with E-state index in [-0.39, 0.29) is 0 Å². The van der Waals surface area contributed by atoms with Crippen LogP contribution in [-0.2, 0) is 20.0 Å². The zero-order chi connectivity index (χ0) is 15.7. The van der Waals surface area contributed by atoms with Crippen LogP contribution in [0.2, 0.25) is 0 Å². The van der Waals surface area contributed by atoms with Crippen molar-refractivity contribution in [3.05, 3.63) is 47.0 Å². The maximum absolute atomic E-state index is 10.4. The summed E-state index contributed by atoms with van der Waals surface area (Å²) in [5.74, 6) is 1.87. The number of aryl methyl sites for hydroxylation is 1. The van der Waals surface area contributed by atoms with Crippen molar-refractivity contribution in [1.29, 1.82) is 0 Å². The summed E-state index contributed by atoms with van der Waals surface area (Å²) in [5, 5.41) is 10.4. The van der Waals surface area contributed by atoms with Crippen LogP contribution in [0.4, 0.5) is 0 Å². The van der Waals surface area contributed by atoms with Gasteiger partial charge in [-0.05, 0) is 24.6 Å². The van der Waals surface area contributed by atoms with E-state index in [1.165, 1.54) is 5.69 Å². The first kappa shape index (κ1) is 15.1. The summed E-state index contributed by atoms with van der Waals surface area (Å²) in [7, 11) is 3.72. The molecule has 2 aromatic rings. The molecule has 0 spiro atoms. The van der Waals surface area contributed by atoms with Gasteiger partial charge in [0.1, 0.15) is 11.6 Å². The molecule has 1 aliphatic rings. The average molecular weight is 301 g/mol. The van der Waals surface area contributed by atoms with Crippen LogP contribution in [0.3, 0.4) is 0 Å². The number of aliphatic hydroxyl groups is 1. The summed E-state index contributed by atoms with van der Waals surface area (Å²) in [6, 6.07) is 7.61. The number of imidazole rings is 1. The molecule has 0 aliphatic carbocycles. The Kier molecular flexibility index (Phi) is 4.18. The fourth-order valence-corrected chi connectivity index (χ4v) is 3.05. The van der Waals surface area contributed by atoms with Gasteiger partial charge in [-0.15, -0.1) is 0 Å². The molecule has 5 nitrogen and oxygen atoms in total. The monoisotopic (exact) mass is 301 g/mol. The molecule has 0 saturated carbocycles. The molecule has 1 atom stereocenters. The molecule has 0 fully saturated rings. The predicted molar refractivity (Wildman–Crippen MR) is 84.9 cm³/mol. The number of hydrogen-bond donors (Lipinski definition) is 1. The second-order valence-electron chi connectivity index (χ2n) is 5.89. The lowest BCUT2D eigenvalue weighted by molar-refractivity contribution is 0.104. The zero-order valence-corrected chi connectivity index (χ0v) is 13.4. The highest BCUT2D eigenvalue weighted by Gasteiger charge is 2.23. The summed E-state index contributed by atoms with van der Waals surface area (Å²) in [6.07, 6.45) is 0.499. The van der Waals surface area contributed by atoms with Crippen molar-refractivity contribution >= 4 is 0 Å². The van der Waals surface area contributed by atoms with Crippen LogP contribution in [0.25, 0.3) is 0 Å². The molecule has 22 heavy (non-hydrogen) atoms. The van der Waals surface area contributed by atoms with E-state index < -0.39 is 6.10 Å². The Hall–Kier alpha value is -1.85. The minimum atomic E-state index is -0.489. The van der Waals surface area contributed by atoms with Crippen molar-refractivity contribution in [2.24, 2.45) is 7.05 Å². The lowest BCUT2D eigenvalue weighted by Crippen LogP contribution is -2.34. The van der Waals surface area contributed by atoms with Crippen LogP contribution in [0, 0.1) is 6.92 Å². The quantitative estimate of drug-likeness (QED) is 0.936. The van der Waals surface area contributed by atoms with Gasteiger partial charge in [-0.25, -0.2) is 4.98 Å². The van der Waals surface area contributed by atoms with E-state index in [9.17, 15) is 5.11 Å². The van der Waals surface area contributed by atoms with Crippen molar-refractivity contribution in [3.63, 3.8) is 0 Å². The number of nitrogens with zero attached hydrogens (tertiary/aromatic N) is 3. The van der Waals surface area contributed by atoms with E-state index in [0.717, 1.165) is 42.3 Å². The van der Waals surface area contributed by atoms with Crippen LogP contribution < -0.4 is 4.74 Å². The Bertz CT molecular complexity index is 649. The molecule has 3 rings (SSSR count). The smallest absolute Gasteiger partial charge is 0.118 e. The van der Waals surface area contributed by atoms with Gasteiger partial charge in [0.05, 0.1) is 18.9 Å². The molecule has 0 unspecified atom stereocenters. The van der Waals surface area contributed by atoms with Gasteiger partial charge in [-0.3, -0.25) is 4.90 Å². The van der Waals surface area contributed by atoms with Gasteiger partial charge in [0.25, 0.3) is 0 Å². The standard InChI is InChI=1S/C17H23N3O2/c1-12-18-15-10-20(9-8-16(15)19(12)2)11-17(21)13-4-6-14(22-3)7-5-13/h4-7,17,21H,8-11H2,1-3H3/t17-/m0/s1. The highest BCUT2D eigenvalue weighted by Crippen LogP contribution is 2.23. The molecule has 0 bridgehead atoms. The number of hydrogen-bond acceptors (Lipinski definition) is 4. The molecule has 5 heteroatoms. The number of aliphatic hydroxyl groups excluding tert-OH is 1. The second-order valence-corrected chi connectivity index (χ2v) is 5.89. The predicted octanol–water partition coefficient (Wildman–Crippen LogP) is 1.83. The maximum Gasteiger partial charge on any atom is 0.118 e. The van der Waals surface area contributed by atoms with Gasteiger partial charge in [0.15, 0.2) is 0 Å². The SMILES string of the molecule is COc1ccc([C@@H](O)CN2CCc3c(nc(C)n3C)C2)cc1. The third-order valence-corrected chi connectivity index (χ3v) is 4.49. The minimum Gasteiger partial charge on any atom is -0.497 e. The Balaban J connectivity index is 1.66. The number of aromatic nitrogens is 2. The van der Waals surface area contributed by atoms with E-state index in [1.807, 2.05) is 31.2 Å². The Labute approximate surface area is 131 Å². The lowest BCUT2D eigenvalue weighted by atomic mass is 10.1. The number of ether oxygens (including phenoxy) is 1. The summed E-state index contributed by atoms with van der Waals surface area (Å²) >= 11 is 0. The van der Waals surface area contributed by atoms with Crippen LogP contribution in [-0.4, -0.2) is 39.8 Å². The molecule has 1 aromatic carbocycles. The molecule has 1 aromatic heterocycles. The van der Waals surface area contributed by atoms with Crippen LogP contribution >= 0.6 is 0 Å². The molecule has 0 radical (unpaired) electrons. The zero-order valence-electron chi connectivity index (χ0n) is 13.4. The number of methoxy groups -OCH3 is 1. The highest BCUT2D eigenvalue weighted by molar-refractivity contribution is 5.28. The van der Waals surface area contributed by atoms with Gasteiger partial charge >= 0.3 is 0 Å². The van der Waals surface area contributed by atoms with Crippen molar-refractivity contribution in [1.82, 2.24) is 14.5 Å². The van der Waals surface area contributed by atoms with Gasteiger partial charge in [-0.1, -0.05) is 12.1 Å². The lowest BCUT2D eigenvalue weighted by Gasteiger charge is -2.28. The molecular weight excluding hydrogens is 278 g/mol. The number of fused-ring (bicyclic) bond motifs is 1. The third kappa shape index (κ3) is 2.87. The van der Waals surface area contributed by atoms with Gasteiger partial charge in [0, 0.05) is 38.8 Å². The maximum atomic E-state index is 10.4. The fourth-order valence-electron chi connectivity index (χ4n) is 3.05. The van der Waals surface area contributed by atoms with E-state index in [2.05, 4.69) is 21.5 Å². The van der Waals surface area contributed by atoms with Crippen molar-refractivity contribution in [2.75, 3.05) is 20.2 Å². The second kappa shape index (κ2) is 6.10. The average Bonchev–Trinajstić information content (AvgIpc) is 2.81. The first-order chi connectivity index (χ1) is 10.6. The molecule has 0 saturated heterocycles. The first-order valence-corrected chi connectivity index (χ1v) is 7.64. The van der Waals surface area contributed by atoms with Crippen molar-refractivity contribution in [3.8, 4) is 5.75 Å². The van der Waals surface area contributed by atoms with Crippen LogP contribution in [0.1, 0.15) is 28.9 Å². The highest BCUT2D eigenvalue weighted by atomic mass is 16.5. The first-order valence-electron chi connectivity index (χ1n) is 7.64. The van der Waals surface area contributed by atoms with E-state index in [0.29, 0.717) is 6.54 Å². The molecular formula is C17H23N3O2. The number of rotatable bonds is 4. The van der Waals surface area contributed by atoms with Gasteiger partial charge in [-0.2, -0.15) is 0 Å². The molecule has 2 heterocycles. The number of β-amino-alcohol motifs (C(OH)–C–C–N with tert-alkyl or cyclic N) is 1. The van der Waals surface area contributed by atoms with E-state index in [1.54, 1.807) is 7.11 Å². The molecule has 0 amide bonds. The van der Waals surface area contributed by atoms with Crippen LogP contribution in [0.15, 0.2) is 24.3 Å². The van der Waals surface area contributed by atoms with Gasteiger partial charge < -0.3 is 14.4 Å². The van der Waals surface area contributed by atoms with E-state index >= 15 is 0 Å². The van der Waals surface area contributed by atoms with Gasteiger partial charge in [0.2, 0.25) is 0 Å². The van der Waals surface area contributed by atoms with E-state index in [4.69, 9.17) is 4.74 Å². The summed E-state index contributed by atoms with van der Waals surface area (Å²) in [6.45, 7) is 4.43. The van der Waals surface area contributed by atoms with Crippen LogP contribution in [0.5, 0.6) is 5.75 Å². The Morgan fingerprint density at radius 1 is 1.32 bits per heavy atom. The van der Waals surface area contributed by atoms with Crippen molar-refractivity contribution in [2.45, 2.75) is 26.0 Å². The largest absolute Gasteiger partial charge is 0.497 e. The molecule has 1 N–H and O–H groups in total. The summed E-state index contributed by atoms with van der Waals surface area (Å²) in [4.78, 5) is 6.89. The Morgan fingerprint density at radius 3 is 2.73 bits per heavy atom. The third-order valence-electron chi connectivity index (χ3n) is 4.49.